The van der Waals surface area contributed by atoms with Crippen molar-refractivity contribution in [3.8, 4) is 0 Å². The SMILES string of the molecule is C[C@@H](C1CC[C@H]2[C@@H]3CC[C@@H]4C[C@](C)(O)CC[C@@H]4[C@H]3CC[C@]12C)N(C)c1ccccc1. The molecule has 4 aliphatic rings. The molecule has 166 valence electrons. The summed E-state index contributed by atoms with van der Waals surface area (Å²) in [6, 6.07) is 11.6. The normalized spacial score (nSPS) is 46.4. The van der Waals surface area contributed by atoms with Crippen molar-refractivity contribution < 1.29 is 5.11 Å². The Balaban J connectivity index is 1.33. The number of fused-ring (bicyclic) bond motifs is 5. The maximum Gasteiger partial charge on any atom is 0.0622 e. The van der Waals surface area contributed by atoms with Crippen molar-refractivity contribution in [1.82, 2.24) is 0 Å². The highest BCUT2D eigenvalue weighted by molar-refractivity contribution is 5.46. The zero-order chi connectivity index (χ0) is 21.1. The van der Waals surface area contributed by atoms with Crippen molar-refractivity contribution >= 4 is 5.69 Å². The second kappa shape index (κ2) is 7.54. The molecule has 0 saturated heterocycles. The van der Waals surface area contributed by atoms with Crippen LogP contribution in [-0.2, 0) is 0 Å². The first kappa shape index (κ1) is 20.9. The van der Waals surface area contributed by atoms with Crippen LogP contribution in [0.1, 0.15) is 78.6 Å². The van der Waals surface area contributed by atoms with E-state index in [-0.39, 0.29) is 0 Å². The minimum atomic E-state index is -0.396. The zero-order valence-electron chi connectivity index (χ0n) is 19.7. The van der Waals surface area contributed by atoms with Crippen molar-refractivity contribution in [2.45, 2.75) is 90.2 Å². The Kier molecular flexibility index (Phi) is 5.24. The number of rotatable bonds is 3. The molecule has 4 aliphatic carbocycles. The largest absolute Gasteiger partial charge is 0.390 e. The van der Waals surface area contributed by atoms with E-state index in [2.05, 4.69) is 63.1 Å². The summed E-state index contributed by atoms with van der Waals surface area (Å²) in [6.07, 6.45) is 11.9. The van der Waals surface area contributed by atoms with Crippen molar-refractivity contribution in [2.75, 3.05) is 11.9 Å². The van der Waals surface area contributed by atoms with Gasteiger partial charge in [0.05, 0.1) is 5.60 Å². The molecule has 1 N–H and O–H groups in total. The fourth-order valence-electron chi connectivity index (χ4n) is 9.08. The number of anilines is 1. The number of hydrogen-bond donors (Lipinski definition) is 1. The topological polar surface area (TPSA) is 23.5 Å². The summed E-state index contributed by atoms with van der Waals surface area (Å²) < 4.78 is 0. The van der Waals surface area contributed by atoms with E-state index in [1.165, 1.54) is 50.6 Å². The molecular formula is C28H43NO. The number of nitrogens with zero attached hydrogens (tertiary/aromatic N) is 1. The molecule has 0 amide bonds. The third kappa shape index (κ3) is 3.33. The molecule has 0 aromatic heterocycles. The maximum absolute atomic E-state index is 10.6. The van der Waals surface area contributed by atoms with Crippen LogP contribution >= 0.6 is 0 Å². The monoisotopic (exact) mass is 409 g/mol. The van der Waals surface area contributed by atoms with E-state index in [9.17, 15) is 5.11 Å². The summed E-state index contributed by atoms with van der Waals surface area (Å²) in [5.41, 5.74) is 1.48. The van der Waals surface area contributed by atoms with Gasteiger partial charge in [-0.1, -0.05) is 25.1 Å². The maximum atomic E-state index is 10.6. The Hall–Kier alpha value is -1.02. The Morgan fingerprint density at radius 3 is 2.40 bits per heavy atom. The molecule has 0 aliphatic heterocycles. The van der Waals surface area contributed by atoms with E-state index < -0.39 is 5.60 Å². The standard InChI is InChI=1S/C28H43NO/c1-19(29(4)21-8-6-5-7-9-21)25-12-13-26-24-11-10-20-18-27(2,30)16-14-22(20)23(24)15-17-28(25,26)3/h5-9,19-20,22-26,30H,10-18H2,1-4H3/t19-,20+,22-,23+,24+,25?,26-,27+,28+/m0/s1. The molecule has 9 atom stereocenters. The average molecular weight is 410 g/mol. The summed E-state index contributed by atoms with van der Waals surface area (Å²) in [5.74, 6) is 5.32. The Morgan fingerprint density at radius 2 is 1.63 bits per heavy atom. The van der Waals surface area contributed by atoms with Gasteiger partial charge in [-0.3, -0.25) is 0 Å². The molecule has 1 aromatic carbocycles. The number of hydrogen-bond acceptors (Lipinski definition) is 2. The van der Waals surface area contributed by atoms with Crippen LogP contribution in [0.3, 0.4) is 0 Å². The minimum Gasteiger partial charge on any atom is -0.390 e. The third-order valence-corrected chi connectivity index (χ3v) is 10.7. The van der Waals surface area contributed by atoms with Crippen LogP contribution in [0.2, 0.25) is 0 Å². The molecular weight excluding hydrogens is 366 g/mol. The molecule has 1 aromatic rings. The highest BCUT2D eigenvalue weighted by atomic mass is 16.3. The third-order valence-electron chi connectivity index (χ3n) is 10.7. The van der Waals surface area contributed by atoms with Gasteiger partial charge in [-0.2, -0.15) is 0 Å². The Labute approximate surface area is 184 Å². The molecule has 1 unspecified atom stereocenters. The lowest BCUT2D eigenvalue weighted by atomic mass is 9.48. The van der Waals surface area contributed by atoms with Gasteiger partial charge < -0.3 is 10.0 Å². The van der Waals surface area contributed by atoms with Crippen molar-refractivity contribution in [1.29, 1.82) is 0 Å². The Bertz CT molecular complexity index is 744. The van der Waals surface area contributed by atoms with E-state index in [4.69, 9.17) is 0 Å². The van der Waals surface area contributed by atoms with Gasteiger partial charge in [0.1, 0.15) is 0 Å². The first-order chi connectivity index (χ1) is 14.3. The summed E-state index contributed by atoms with van der Waals surface area (Å²) in [4.78, 5) is 2.55. The van der Waals surface area contributed by atoms with Crippen molar-refractivity contribution in [3.05, 3.63) is 30.3 Å². The molecule has 0 radical (unpaired) electrons. The van der Waals surface area contributed by atoms with Gasteiger partial charge in [0.25, 0.3) is 0 Å². The summed E-state index contributed by atoms with van der Waals surface area (Å²) in [6.45, 7) is 7.23. The molecule has 4 fully saturated rings. The van der Waals surface area contributed by atoms with Crippen LogP contribution in [0, 0.1) is 40.9 Å². The van der Waals surface area contributed by atoms with E-state index in [0.29, 0.717) is 11.5 Å². The summed E-state index contributed by atoms with van der Waals surface area (Å²) >= 11 is 0. The van der Waals surface area contributed by atoms with Gasteiger partial charge in [-0.05, 0) is 125 Å². The fraction of sp³-hybridized carbons (Fsp3) is 0.786. The molecule has 4 saturated carbocycles. The van der Waals surface area contributed by atoms with Gasteiger partial charge >= 0.3 is 0 Å². The lowest BCUT2D eigenvalue weighted by Gasteiger charge is -2.57. The zero-order valence-corrected chi connectivity index (χ0v) is 19.7. The van der Waals surface area contributed by atoms with Crippen molar-refractivity contribution in [3.63, 3.8) is 0 Å². The van der Waals surface area contributed by atoms with Gasteiger partial charge in [-0.15, -0.1) is 0 Å². The lowest BCUT2D eigenvalue weighted by molar-refractivity contribution is -0.101. The number of aliphatic hydroxyl groups is 1. The number of para-hydroxylation sites is 1. The average Bonchev–Trinajstić information content (AvgIpc) is 3.09. The van der Waals surface area contributed by atoms with Crippen LogP contribution in [0.15, 0.2) is 30.3 Å². The minimum absolute atomic E-state index is 0.396. The second-order valence-electron chi connectivity index (χ2n) is 12.1. The fourth-order valence-corrected chi connectivity index (χ4v) is 9.08. The highest BCUT2D eigenvalue weighted by Crippen LogP contribution is 2.65. The number of benzene rings is 1. The van der Waals surface area contributed by atoms with E-state index in [0.717, 1.165) is 48.3 Å². The lowest BCUT2D eigenvalue weighted by Crippen LogP contribution is -2.52. The van der Waals surface area contributed by atoms with Crippen LogP contribution in [-0.4, -0.2) is 23.8 Å². The van der Waals surface area contributed by atoms with Crippen molar-refractivity contribution in [2.24, 2.45) is 40.9 Å². The molecule has 5 rings (SSSR count). The van der Waals surface area contributed by atoms with Crippen LogP contribution in [0.25, 0.3) is 0 Å². The first-order valence-electron chi connectivity index (χ1n) is 12.8. The summed E-state index contributed by atoms with van der Waals surface area (Å²) in [5, 5.41) is 10.6. The van der Waals surface area contributed by atoms with Crippen LogP contribution in [0.5, 0.6) is 0 Å². The Morgan fingerprint density at radius 1 is 0.900 bits per heavy atom. The van der Waals surface area contributed by atoms with E-state index >= 15 is 0 Å². The van der Waals surface area contributed by atoms with Gasteiger partial charge in [0.15, 0.2) is 0 Å². The highest BCUT2D eigenvalue weighted by Gasteiger charge is 2.58. The molecule has 2 heteroatoms. The van der Waals surface area contributed by atoms with E-state index in [1.807, 2.05) is 0 Å². The second-order valence-corrected chi connectivity index (χ2v) is 12.1. The molecule has 2 nitrogen and oxygen atoms in total. The molecule has 0 bridgehead atoms. The molecule has 0 spiro atoms. The predicted molar refractivity (Wildman–Crippen MR) is 126 cm³/mol. The van der Waals surface area contributed by atoms with Gasteiger partial charge in [-0.25, -0.2) is 0 Å². The smallest absolute Gasteiger partial charge is 0.0622 e. The van der Waals surface area contributed by atoms with E-state index in [1.54, 1.807) is 0 Å². The molecule has 0 heterocycles. The van der Waals surface area contributed by atoms with Gasteiger partial charge in [0, 0.05) is 18.8 Å². The van der Waals surface area contributed by atoms with Gasteiger partial charge in [0.2, 0.25) is 0 Å². The van der Waals surface area contributed by atoms with Crippen LogP contribution in [0.4, 0.5) is 5.69 Å². The predicted octanol–water partition coefficient (Wildman–Crippen LogP) is 6.53. The van der Waals surface area contributed by atoms with Crippen LogP contribution < -0.4 is 4.90 Å². The molecule has 30 heavy (non-hydrogen) atoms. The quantitative estimate of drug-likeness (QED) is 0.613. The first-order valence-corrected chi connectivity index (χ1v) is 12.8. The summed E-state index contributed by atoms with van der Waals surface area (Å²) in [7, 11) is 2.31.